The Bertz CT molecular complexity index is 908. The van der Waals surface area contributed by atoms with Gasteiger partial charge in [0.25, 0.3) is 0 Å². The molecule has 0 bridgehead atoms. The number of thioether (sulfide) groups is 1. The molecule has 0 unspecified atom stereocenters. The van der Waals surface area contributed by atoms with Gasteiger partial charge in [-0.2, -0.15) is 0 Å². The Morgan fingerprint density at radius 2 is 1.94 bits per heavy atom. The number of benzene rings is 2. The van der Waals surface area contributed by atoms with Crippen molar-refractivity contribution in [3.8, 4) is 5.75 Å². The average molecular weight is 481 g/mol. The SMILES string of the molecule is CC[C@H](C)NC(=O)[C@@H](C)N(Cc1cccc(OC)c1)C(=O)CSCc1c(F)cccc1Cl. The third kappa shape index (κ3) is 7.41. The fourth-order valence-corrected chi connectivity index (χ4v) is 4.26. The number of amides is 2. The Labute approximate surface area is 198 Å². The second-order valence-corrected chi connectivity index (χ2v) is 8.95. The molecule has 0 aliphatic carbocycles. The standard InChI is InChI=1S/C24H30ClFN2O3S/c1-5-16(2)27-24(30)17(3)28(13-18-8-6-9-19(12-18)31-4)23(29)15-32-14-20-21(25)10-7-11-22(20)26/h6-12,16-17H,5,13-15H2,1-4H3,(H,27,30)/t16-,17+/m0/s1. The Morgan fingerprint density at radius 3 is 2.59 bits per heavy atom. The number of halogens is 2. The van der Waals surface area contributed by atoms with Gasteiger partial charge < -0.3 is 15.0 Å². The molecule has 32 heavy (non-hydrogen) atoms. The topological polar surface area (TPSA) is 58.6 Å². The van der Waals surface area contributed by atoms with Gasteiger partial charge >= 0.3 is 0 Å². The van der Waals surface area contributed by atoms with Crippen molar-refractivity contribution < 1.29 is 18.7 Å². The molecule has 0 aromatic heterocycles. The lowest BCUT2D eigenvalue weighted by Gasteiger charge is -2.29. The maximum atomic E-state index is 14.0. The van der Waals surface area contributed by atoms with Crippen LogP contribution in [0.2, 0.25) is 5.02 Å². The number of methoxy groups -OCH3 is 1. The molecule has 0 aliphatic rings. The number of nitrogens with zero attached hydrogens (tertiary/aromatic N) is 1. The minimum atomic E-state index is -0.666. The second kappa shape index (κ2) is 12.7. The number of ether oxygens (including phenoxy) is 1. The average Bonchev–Trinajstić information content (AvgIpc) is 2.78. The summed E-state index contributed by atoms with van der Waals surface area (Å²) >= 11 is 7.35. The fourth-order valence-electron chi connectivity index (χ4n) is 3.01. The monoisotopic (exact) mass is 480 g/mol. The summed E-state index contributed by atoms with van der Waals surface area (Å²) in [5, 5.41) is 3.27. The van der Waals surface area contributed by atoms with Crippen molar-refractivity contribution in [2.24, 2.45) is 0 Å². The van der Waals surface area contributed by atoms with E-state index in [2.05, 4.69) is 5.32 Å². The van der Waals surface area contributed by atoms with Gasteiger partial charge in [-0.3, -0.25) is 9.59 Å². The zero-order chi connectivity index (χ0) is 23.7. The normalized spacial score (nSPS) is 12.7. The zero-order valence-electron chi connectivity index (χ0n) is 18.9. The largest absolute Gasteiger partial charge is 0.497 e. The molecule has 2 atom stereocenters. The van der Waals surface area contributed by atoms with E-state index in [1.807, 2.05) is 38.1 Å². The molecule has 2 amide bonds. The third-order valence-electron chi connectivity index (χ3n) is 5.19. The second-order valence-electron chi connectivity index (χ2n) is 7.56. The van der Waals surface area contributed by atoms with Crippen molar-refractivity contribution >= 4 is 35.2 Å². The summed E-state index contributed by atoms with van der Waals surface area (Å²) < 4.78 is 19.3. The molecular weight excluding hydrogens is 451 g/mol. The molecule has 5 nitrogen and oxygen atoms in total. The van der Waals surface area contributed by atoms with Crippen LogP contribution in [0.3, 0.4) is 0 Å². The van der Waals surface area contributed by atoms with Crippen molar-refractivity contribution in [2.45, 2.75) is 51.6 Å². The molecule has 0 radical (unpaired) electrons. The van der Waals surface area contributed by atoms with Gasteiger partial charge in [-0.05, 0) is 50.1 Å². The fraction of sp³-hybridized carbons (Fsp3) is 0.417. The number of hydrogen-bond acceptors (Lipinski definition) is 4. The van der Waals surface area contributed by atoms with E-state index in [-0.39, 0.29) is 35.9 Å². The van der Waals surface area contributed by atoms with Crippen LogP contribution in [-0.4, -0.2) is 41.7 Å². The summed E-state index contributed by atoms with van der Waals surface area (Å²) in [5.41, 5.74) is 1.22. The lowest BCUT2D eigenvalue weighted by atomic mass is 10.1. The maximum absolute atomic E-state index is 14.0. The highest BCUT2D eigenvalue weighted by atomic mass is 35.5. The molecule has 0 fully saturated rings. The minimum absolute atomic E-state index is 0.0105. The molecule has 2 aromatic carbocycles. The van der Waals surface area contributed by atoms with Crippen molar-refractivity contribution in [2.75, 3.05) is 12.9 Å². The van der Waals surface area contributed by atoms with E-state index in [0.29, 0.717) is 16.3 Å². The summed E-state index contributed by atoms with van der Waals surface area (Å²) in [5.74, 6) is 0.213. The minimum Gasteiger partial charge on any atom is -0.497 e. The lowest BCUT2D eigenvalue weighted by molar-refractivity contribution is -0.138. The molecule has 2 rings (SSSR count). The molecule has 1 N–H and O–H groups in total. The van der Waals surface area contributed by atoms with Gasteiger partial charge in [0.1, 0.15) is 17.6 Å². The van der Waals surface area contributed by atoms with E-state index in [4.69, 9.17) is 16.3 Å². The van der Waals surface area contributed by atoms with Crippen molar-refractivity contribution in [1.29, 1.82) is 0 Å². The summed E-state index contributed by atoms with van der Waals surface area (Å²) in [6, 6.07) is 11.2. The van der Waals surface area contributed by atoms with Gasteiger partial charge in [0.15, 0.2) is 0 Å². The molecule has 0 saturated heterocycles. The number of rotatable bonds is 11. The zero-order valence-corrected chi connectivity index (χ0v) is 20.4. The molecule has 0 aliphatic heterocycles. The molecule has 2 aromatic rings. The molecule has 174 valence electrons. The number of carbonyl (C=O) groups is 2. The Balaban J connectivity index is 2.14. The molecule has 0 saturated carbocycles. The predicted molar refractivity (Wildman–Crippen MR) is 128 cm³/mol. The molecular formula is C24H30ClFN2O3S. The van der Waals surface area contributed by atoms with Crippen LogP contribution >= 0.6 is 23.4 Å². The van der Waals surface area contributed by atoms with E-state index in [0.717, 1.165) is 12.0 Å². The van der Waals surface area contributed by atoms with E-state index >= 15 is 0 Å². The quantitative estimate of drug-likeness (QED) is 0.488. The number of hydrogen-bond donors (Lipinski definition) is 1. The first-order chi connectivity index (χ1) is 15.3. The Morgan fingerprint density at radius 1 is 1.22 bits per heavy atom. The van der Waals surface area contributed by atoms with E-state index in [1.165, 1.54) is 17.8 Å². The van der Waals surface area contributed by atoms with Crippen LogP contribution in [0.5, 0.6) is 5.75 Å². The summed E-state index contributed by atoms with van der Waals surface area (Å²) in [6.07, 6.45) is 0.793. The van der Waals surface area contributed by atoms with Crippen LogP contribution in [0.25, 0.3) is 0 Å². The number of nitrogens with one attached hydrogen (secondary N) is 1. The summed E-state index contributed by atoms with van der Waals surface area (Å²) in [7, 11) is 1.58. The van der Waals surface area contributed by atoms with E-state index in [1.54, 1.807) is 31.1 Å². The Kier molecular flexibility index (Phi) is 10.3. The van der Waals surface area contributed by atoms with Crippen LogP contribution in [0.4, 0.5) is 4.39 Å². The van der Waals surface area contributed by atoms with E-state index < -0.39 is 11.9 Å². The van der Waals surface area contributed by atoms with E-state index in [9.17, 15) is 14.0 Å². The third-order valence-corrected chi connectivity index (χ3v) is 6.49. The number of carbonyl (C=O) groups excluding carboxylic acids is 2. The highest BCUT2D eigenvalue weighted by molar-refractivity contribution is 7.99. The molecule has 8 heteroatoms. The van der Waals surface area contributed by atoms with Crippen molar-refractivity contribution in [1.82, 2.24) is 10.2 Å². The summed E-state index contributed by atoms with van der Waals surface area (Å²) in [4.78, 5) is 27.4. The van der Waals surface area contributed by atoms with Crippen LogP contribution in [0.1, 0.15) is 38.3 Å². The Hall–Kier alpha value is -2.25. The first-order valence-corrected chi connectivity index (χ1v) is 12.0. The van der Waals surface area contributed by atoms with Crippen LogP contribution < -0.4 is 10.1 Å². The maximum Gasteiger partial charge on any atom is 0.242 e. The highest BCUT2D eigenvalue weighted by Gasteiger charge is 2.27. The smallest absolute Gasteiger partial charge is 0.242 e. The lowest BCUT2D eigenvalue weighted by Crippen LogP contribution is -2.50. The van der Waals surface area contributed by atoms with Gasteiger partial charge in [-0.15, -0.1) is 11.8 Å². The van der Waals surface area contributed by atoms with Gasteiger partial charge in [0.05, 0.1) is 12.9 Å². The molecule has 0 heterocycles. The van der Waals surface area contributed by atoms with Crippen LogP contribution in [0, 0.1) is 5.82 Å². The summed E-state index contributed by atoms with van der Waals surface area (Å²) in [6.45, 7) is 5.88. The van der Waals surface area contributed by atoms with Gasteiger partial charge in [0, 0.05) is 28.9 Å². The van der Waals surface area contributed by atoms with Crippen molar-refractivity contribution in [3.05, 3.63) is 64.4 Å². The molecule has 0 spiro atoms. The van der Waals surface area contributed by atoms with Gasteiger partial charge in [-0.25, -0.2) is 4.39 Å². The first-order valence-electron chi connectivity index (χ1n) is 10.5. The van der Waals surface area contributed by atoms with Gasteiger partial charge in [0.2, 0.25) is 11.8 Å². The highest BCUT2D eigenvalue weighted by Crippen LogP contribution is 2.24. The van der Waals surface area contributed by atoms with Crippen LogP contribution in [0.15, 0.2) is 42.5 Å². The van der Waals surface area contributed by atoms with Crippen molar-refractivity contribution in [3.63, 3.8) is 0 Å². The van der Waals surface area contributed by atoms with Gasteiger partial charge in [-0.1, -0.05) is 36.7 Å². The first kappa shape index (κ1) is 26.0. The predicted octanol–water partition coefficient (Wildman–Crippen LogP) is 5.05. The van der Waals surface area contributed by atoms with Crippen LogP contribution in [-0.2, 0) is 21.9 Å².